The molecule has 2 heterocycles. The van der Waals surface area contributed by atoms with Gasteiger partial charge in [-0.15, -0.1) is 10.2 Å². The van der Waals surface area contributed by atoms with E-state index in [0.717, 1.165) is 22.5 Å². The van der Waals surface area contributed by atoms with Crippen LogP contribution in [0, 0.1) is 6.92 Å². The van der Waals surface area contributed by atoms with E-state index < -0.39 is 0 Å². The number of piperazine rings is 1. The van der Waals surface area contributed by atoms with Crippen LogP contribution >= 0.6 is 0 Å². The van der Waals surface area contributed by atoms with Gasteiger partial charge in [-0.05, 0) is 43.3 Å². The molecule has 1 amide bonds. The Hall–Kier alpha value is -3.81. The van der Waals surface area contributed by atoms with Crippen molar-refractivity contribution in [2.45, 2.75) is 6.92 Å². The molecule has 8 heteroatoms. The Balaban J connectivity index is 1.45. The quantitative estimate of drug-likeness (QED) is 0.572. The molecule has 1 aromatic heterocycles. The lowest BCUT2D eigenvalue weighted by Crippen LogP contribution is -2.49. The maximum absolute atomic E-state index is 12.8. The Labute approximate surface area is 193 Å². The predicted molar refractivity (Wildman–Crippen MR) is 126 cm³/mol. The number of rotatable bonds is 6. The highest BCUT2D eigenvalue weighted by atomic mass is 16.5. The van der Waals surface area contributed by atoms with Crippen molar-refractivity contribution < 1.29 is 19.0 Å². The van der Waals surface area contributed by atoms with Crippen molar-refractivity contribution in [1.29, 1.82) is 0 Å². The van der Waals surface area contributed by atoms with Gasteiger partial charge in [0.25, 0.3) is 5.91 Å². The number of aromatic nitrogens is 2. The van der Waals surface area contributed by atoms with Crippen LogP contribution < -0.4 is 19.1 Å². The number of methoxy groups -OCH3 is 3. The van der Waals surface area contributed by atoms with Crippen molar-refractivity contribution in [2.75, 3.05) is 52.4 Å². The van der Waals surface area contributed by atoms with Crippen LogP contribution in [0.15, 0.2) is 48.5 Å². The summed E-state index contributed by atoms with van der Waals surface area (Å²) in [6, 6.07) is 15.3. The lowest BCUT2D eigenvalue weighted by Gasteiger charge is -2.35. The molecule has 0 unspecified atom stereocenters. The maximum atomic E-state index is 12.8. The highest BCUT2D eigenvalue weighted by Crippen LogP contribution is 2.40. The molecule has 3 aromatic rings. The van der Waals surface area contributed by atoms with E-state index in [1.165, 1.54) is 0 Å². The zero-order chi connectivity index (χ0) is 23.4. The summed E-state index contributed by atoms with van der Waals surface area (Å²) in [7, 11) is 4.74. The number of hydrogen-bond acceptors (Lipinski definition) is 7. The lowest BCUT2D eigenvalue weighted by atomic mass is 10.1. The van der Waals surface area contributed by atoms with E-state index in [-0.39, 0.29) is 5.91 Å². The first-order valence-electron chi connectivity index (χ1n) is 10.8. The SMILES string of the molecule is COc1cc(-c2ccc(N3CCN(C(=O)c4cccc(C)c4)CC3)nn2)cc(OC)c1OC. The van der Waals surface area contributed by atoms with Crippen molar-refractivity contribution in [2.24, 2.45) is 0 Å². The second-order valence-electron chi connectivity index (χ2n) is 7.84. The summed E-state index contributed by atoms with van der Waals surface area (Å²) >= 11 is 0. The monoisotopic (exact) mass is 448 g/mol. The van der Waals surface area contributed by atoms with Gasteiger partial charge in [0, 0.05) is 37.3 Å². The number of aryl methyl sites for hydroxylation is 1. The normalized spacial score (nSPS) is 13.6. The maximum Gasteiger partial charge on any atom is 0.253 e. The van der Waals surface area contributed by atoms with Crippen LogP contribution in [0.1, 0.15) is 15.9 Å². The summed E-state index contributed by atoms with van der Waals surface area (Å²) in [4.78, 5) is 16.8. The third-order valence-corrected chi connectivity index (χ3v) is 5.77. The Morgan fingerprint density at radius 3 is 2.09 bits per heavy atom. The van der Waals surface area contributed by atoms with Gasteiger partial charge in [-0.25, -0.2) is 0 Å². The standard InChI is InChI=1S/C25H28N4O4/c1-17-6-5-7-18(14-17)25(30)29-12-10-28(11-13-29)23-9-8-20(26-27-23)19-15-21(31-2)24(33-4)22(16-19)32-3/h5-9,14-16H,10-13H2,1-4H3. The summed E-state index contributed by atoms with van der Waals surface area (Å²) in [6.45, 7) is 4.69. The van der Waals surface area contributed by atoms with Crippen LogP contribution in [-0.2, 0) is 0 Å². The minimum atomic E-state index is 0.0715. The van der Waals surface area contributed by atoms with Crippen LogP contribution in [0.5, 0.6) is 17.2 Å². The molecule has 1 fully saturated rings. The van der Waals surface area contributed by atoms with Gasteiger partial charge < -0.3 is 24.0 Å². The van der Waals surface area contributed by atoms with Crippen LogP contribution in [0.25, 0.3) is 11.3 Å². The summed E-state index contributed by atoms with van der Waals surface area (Å²) in [5.74, 6) is 2.52. The number of amides is 1. The Kier molecular flexibility index (Phi) is 6.63. The van der Waals surface area contributed by atoms with Crippen LogP contribution in [0.2, 0.25) is 0 Å². The summed E-state index contributed by atoms with van der Waals surface area (Å²) in [5.41, 5.74) is 3.34. The molecule has 0 saturated carbocycles. The molecular weight excluding hydrogens is 420 g/mol. The molecule has 33 heavy (non-hydrogen) atoms. The van der Waals surface area contributed by atoms with Crippen LogP contribution in [0.4, 0.5) is 5.82 Å². The number of nitrogens with zero attached hydrogens (tertiary/aromatic N) is 4. The van der Waals surface area contributed by atoms with Gasteiger partial charge in [0.05, 0.1) is 27.0 Å². The van der Waals surface area contributed by atoms with Gasteiger partial charge in [0.2, 0.25) is 5.75 Å². The van der Waals surface area contributed by atoms with E-state index in [0.29, 0.717) is 49.1 Å². The molecule has 0 aliphatic carbocycles. The number of anilines is 1. The molecule has 8 nitrogen and oxygen atoms in total. The molecule has 0 radical (unpaired) electrons. The van der Waals surface area contributed by atoms with E-state index in [1.807, 2.05) is 60.4 Å². The third-order valence-electron chi connectivity index (χ3n) is 5.77. The molecular formula is C25H28N4O4. The molecule has 1 aliphatic rings. The first kappa shape index (κ1) is 22.4. The predicted octanol–water partition coefficient (Wildman–Crippen LogP) is 3.44. The van der Waals surface area contributed by atoms with Gasteiger partial charge >= 0.3 is 0 Å². The second-order valence-corrected chi connectivity index (χ2v) is 7.84. The third kappa shape index (κ3) is 4.69. The smallest absolute Gasteiger partial charge is 0.253 e. The van der Waals surface area contributed by atoms with E-state index in [2.05, 4.69) is 15.1 Å². The van der Waals surface area contributed by atoms with Crippen molar-refractivity contribution in [3.8, 4) is 28.5 Å². The Morgan fingerprint density at radius 1 is 0.848 bits per heavy atom. The lowest BCUT2D eigenvalue weighted by molar-refractivity contribution is 0.0746. The fraction of sp³-hybridized carbons (Fsp3) is 0.320. The van der Waals surface area contributed by atoms with Crippen LogP contribution in [-0.4, -0.2) is 68.5 Å². The molecule has 0 atom stereocenters. The Bertz CT molecular complexity index is 1100. The minimum absolute atomic E-state index is 0.0715. The largest absolute Gasteiger partial charge is 0.493 e. The molecule has 4 rings (SSSR count). The fourth-order valence-electron chi connectivity index (χ4n) is 3.98. The molecule has 2 aromatic carbocycles. The zero-order valence-corrected chi connectivity index (χ0v) is 19.4. The van der Waals surface area contributed by atoms with Gasteiger partial charge in [-0.3, -0.25) is 4.79 Å². The molecule has 1 saturated heterocycles. The molecule has 0 bridgehead atoms. The Morgan fingerprint density at radius 2 is 1.55 bits per heavy atom. The van der Waals surface area contributed by atoms with E-state index >= 15 is 0 Å². The fourth-order valence-corrected chi connectivity index (χ4v) is 3.98. The van der Waals surface area contributed by atoms with Crippen molar-refractivity contribution >= 4 is 11.7 Å². The summed E-state index contributed by atoms with van der Waals surface area (Å²) in [5, 5.41) is 8.85. The highest BCUT2D eigenvalue weighted by molar-refractivity contribution is 5.94. The average Bonchev–Trinajstić information content (AvgIpc) is 2.87. The van der Waals surface area contributed by atoms with Gasteiger partial charge in [-0.1, -0.05) is 17.7 Å². The topological polar surface area (TPSA) is 77.0 Å². The number of hydrogen-bond donors (Lipinski definition) is 0. The average molecular weight is 449 g/mol. The zero-order valence-electron chi connectivity index (χ0n) is 19.4. The summed E-state index contributed by atoms with van der Waals surface area (Å²) in [6.07, 6.45) is 0. The van der Waals surface area contributed by atoms with Crippen molar-refractivity contribution in [3.63, 3.8) is 0 Å². The number of carbonyl (C=O) groups is 1. The number of ether oxygens (including phenoxy) is 3. The molecule has 0 spiro atoms. The molecule has 172 valence electrons. The first-order chi connectivity index (χ1) is 16.0. The number of carbonyl (C=O) groups excluding carboxylic acids is 1. The van der Waals surface area contributed by atoms with Gasteiger partial charge in [0.1, 0.15) is 0 Å². The van der Waals surface area contributed by atoms with Crippen LogP contribution in [0.3, 0.4) is 0 Å². The second kappa shape index (κ2) is 9.77. The van der Waals surface area contributed by atoms with Crippen molar-refractivity contribution in [3.05, 3.63) is 59.7 Å². The van der Waals surface area contributed by atoms with Gasteiger partial charge in [0.15, 0.2) is 17.3 Å². The first-order valence-corrected chi connectivity index (χ1v) is 10.8. The summed E-state index contributed by atoms with van der Waals surface area (Å²) < 4.78 is 16.3. The minimum Gasteiger partial charge on any atom is -0.493 e. The van der Waals surface area contributed by atoms with E-state index in [1.54, 1.807) is 21.3 Å². The molecule has 1 aliphatic heterocycles. The highest BCUT2D eigenvalue weighted by Gasteiger charge is 2.23. The van der Waals surface area contributed by atoms with E-state index in [9.17, 15) is 4.79 Å². The van der Waals surface area contributed by atoms with Gasteiger partial charge in [-0.2, -0.15) is 0 Å². The molecule has 0 N–H and O–H groups in total. The van der Waals surface area contributed by atoms with E-state index in [4.69, 9.17) is 14.2 Å². The number of benzene rings is 2. The van der Waals surface area contributed by atoms with Crippen molar-refractivity contribution in [1.82, 2.24) is 15.1 Å².